The van der Waals surface area contributed by atoms with Gasteiger partial charge in [0, 0.05) is 18.0 Å². The highest BCUT2D eigenvalue weighted by Gasteiger charge is 2.25. The minimum absolute atomic E-state index is 0.275. The van der Waals surface area contributed by atoms with Crippen LogP contribution in [0.4, 0.5) is 0 Å². The standard InChI is InChI=1S/C12H27S.C10H23S.C9H21S.2C8H19OS/c1-4-7-10-13(11-8-5-2)12-9-6-3;1-4-7-10-11(8-5-2)9-6-3;1-6-7-10(8(2)3)9(4)5;1-4-6-10(7-5-2)8-9-3;1-4-7-10(8-5-2)9-6-3/h4-12H2,1-3H3;4-10H2,1-3H3;8-9H,6-7H2,1-5H3;2*4-8H2,1-3H3/q5*+1. The first-order chi connectivity index (χ1) is 26.0. The van der Waals surface area contributed by atoms with E-state index in [9.17, 15) is 0 Å². The third kappa shape index (κ3) is 53.7. The van der Waals surface area contributed by atoms with Gasteiger partial charge in [0.1, 0.15) is 91.6 Å². The Morgan fingerprint density at radius 1 is 0.352 bits per heavy atom. The zero-order valence-electron chi connectivity index (χ0n) is 40.8. The van der Waals surface area contributed by atoms with Crippen LogP contribution < -0.4 is 0 Å². The molecule has 334 valence electrons. The van der Waals surface area contributed by atoms with E-state index in [-0.39, 0.29) is 11.2 Å². The molecule has 54 heavy (non-hydrogen) atoms. The Balaban J connectivity index is -0.000000186. The van der Waals surface area contributed by atoms with Crippen LogP contribution in [0.5, 0.6) is 0 Å². The summed E-state index contributed by atoms with van der Waals surface area (Å²) >= 11 is 0.275. The van der Waals surface area contributed by atoms with Crippen LogP contribution in [0.15, 0.2) is 0 Å². The second-order valence-electron chi connectivity index (χ2n) is 14.8. The Labute approximate surface area is 361 Å². The Kier molecular flexibility index (Phi) is 68.1. The van der Waals surface area contributed by atoms with Gasteiger partial charge >= 0.3 is 0 Å². The first-order valence-electron chi connectivity index (χ1n) is 23.4. The quantitative estimate of drug-likeness (QED) is 0.0627. The first kappa shape index (κ1) is 64.8. The van der Waals surface area contributed by atoms with Crippen molar-refractivity contribution < 1.29 is 8.92 Å². The summed E-state index contributed by atoms with van der Waals surface area (Å²) in [6.07, 6.45) is 20.5. The fraction of sp³-hybridized carbons (Fsp3) is 1.00. The molecule has 0 saturated carbocycles. The molecule has 0 spiro atoms. The van der Waals surface area contributed by atoms with Crippen molar-refractivity contribution in [1.29, 1.82) is 0 Å². The number of ether oxygens (including phenoxy) is 1. The highest BCUT2D eigenvalue weighted by Crippen LogP contribution is 2.13. The predicted molar refractivity (Wildman–Crippen MR) is 276 cm³/mol. The van der Waals surface area contributed by atoms with E-state index in [2.05, 4.69) is 111 Å². The van der Waals surface area contributed by atoms with Crippen molar-refractivity contribution in [3.05, 3.63) is 0 Å². The molecule has 0 saturated heterocycles. The van der Waals surface area contributed by atoms with Gasteiger partial charge in [-0.15, -0.1) is 0 Å². The highest BCUT2D eigenvalue weighted by molar-refractivity contribution is 7.98. The normalized spacial score (nSPS) is 11.1. The Hall–Kier alpha value is 1.67. The maximum atomic E-state index is 5.55. The van der Waals surface area contributed by atoms with Gasteiger partial charge in [-0.2, -0.15) is 4.18 Å². The zero-order valence-corrected chi connectivity index (χ0v) is 44.9. The summed E-state index contributed by atoms with van der Waals surface area (Å²) in [4.78, 5) is 0. The van der Waals surface area contributed by atoms with Gasteiger partial charge in [0.05, 0.1) is 0 Å². The average Bonchev–Trinajstić information content (AvgIpc) is 3.14. The molecule has 0 aromatic heterocycles. The van der Waals surface area contributed by atoms with Gasteiger partial charge in [-0.1, -0.05) is 102 Å². The molecule has 0 aliphatic carbocycles. The molecule has 0 rings (SSSR count). The summed E-state index contributed by atoms with van der Waals surface area (Å²) in [6, 6.07) is 0. The van der Waals surface area contributed by atoms with Crippen LogP contribution in [0.25, 0.3) is 0 Å². The molecule has 2 nitrogen and oxygen atoms in total. The second kappa shape index (κ2) is 56.8. The first-order valence-corrected chi connectivity index (χ1v) is 31.6. The molecular weight excluding hydrogens is 757 g/mol. The van der Waals surface area contributed by atoms with E-state index < -0.39 is 0 Å². The van der Waals surface area contributed by atoms with Crippen LogP contribution in [0.1, 0.15) is 207 Å². The molecule has 0 aromatic rings. The molecule has 0 radical (unpaired) electrons. The fourth-order valence-electron chi connectivity index (χ4n) is 5.64. The minimum Gasteiger partial charge on any atom is -0.339 e. The molecule has 0 bridgehead atoms. The summed E-state index contributed by atoms with van der Waals surface area (Å²) in [5, 5.41) is 1.78. The molecule has 0 atom stereocenters. The number of methoxy groups -OCH3 is 1. The maximum absolute atomic E-state index is 5.55. The lowest BCUT2D eigenvalue weighted by Crippen LogP contribution is -2.27. The molecule has 0 aliphatic heterocycles. The second-order valence-corrected chi connectivity index (χ2v) is 27.2. The van der Waals surface area contributed by atoms with Crippen LogP contribution in [-0.4, -0.2) is 93.4 Å². The smallest absolute Gasteiger partial charge is 0.207 e. The Morgan fingerprint density at radius 2 is 0.648 bits per heavy atom. The van der Waals surface area contributed by atoms with Gasteiger partial charge in [-0.3, -0.25) is 0 Å². The average molecular weight is 867 g/mol. The number of hydrogen-bond donors (Lipinski definition) is 0. The van der Waals surface area contributed by atoms with E-state index in [4.69, 9.17) is 8.92 Å². The van der Waals surface area contributed by atoms with Crippen molar-refractivity contribution in [2.24, 2.45) is 0 Å². The minimum atomic E-state index is 0.275. The lowest BCUT2D eigenvalue weighted by atomic mass is 10.4. The van der Waals surface area contributed by atoms with Gasteiger partial charge in [0.15, 0.2) is 0 Å². The van der Waals surface area contributed by atoms with E-state index in [1.54, 1.807) is 7.11 Å². The van der Waals surface area contributed by atoms with Gasteiger partial charge < -0.3 is 4.74 Å². The molecular formula is C47H109O2S5+5. The van der Waals surface area contributed by atoms with Gasteiger partial charge in [-0.25, -0.2) is 0 Å². The van der Waals surface area contributed by atoms with E-state index in [0.29, 0.717) is 21.8 Å². The van der Waals surface area contributed by atoms with Crippen LogP contribution in [0.3, 0.4) is 0 Å². The third-order valence-electron chi connectivity index (χ3n) is 8.20. The number of hydrogen-bond acceptors (Lipinski definition) is 2. The lowest BCUT2D eigenvalue weighted by Gasteiger charge is -2.14. The predicted octanol–water partition coefficient (Wildman–Crippen LogP) is 14.5. The van der Waals surface area contributed by atoms with Crippen molar-refractivity contribution >= 4 is 54.8 Å². The van der Waals surface area contributed by atoms with Crippen LogP contribution in [-0.2, 0) is 63.7 Å². The summed E-state index contributed by atoms with van der Waals surface area (Å²) in [6.45, 7) is 37.4. The van der Waals surface area contributed by atoms with Crippen molar-refractivity contribution in [3.8, 4) is 0 Å². The third-order valence-corrected chi connectivity index (χ3v) is 21.8. The van der Waals surface area contributed by atoms with E-state index in [1.165, 1.54) is 160 Å². The Bertz CT molecular complexity index is 531. The topological polar surface area (TPSA) is 18.5 Å². The van der Waals surface area contributed by atoms with E-state index in [1.807, 2.05) is 0 Å². The van der Waals surface area contributed by atoms with E-state index in [0.717, 1.165) is 44.8 Å². The maximum Gasteiger partial charge on any atom is 0.207 e. The van der Waals surface area contributed by atoms with Crippen molar-refractivity contribution in [2.45, 2.75) is 218 Å². The van der Waals surface area contributed by atoms with Crippen LogP contribution in [0, 0.1) is 0 Å². The monoisotopic (exact) mass is 866 g/mol. The molecule has 0 aliphatic rings. The summed E-state index contributed by atoms with van der Waals surface area (Å²) < 4.78 is 10.7. The Morgan fingerprint density at radius 3 is 0.870 bits per heavy atom. The molecule has 0 unspecified atom stereocenters. The number of rotatable bonds is 32. The SMILES string of the molecule is CCCC[S+](CCC)CCC.CCCC[S+](CCCC)CCCC.CCC[S+](C(C)C)C(C)C.CCC[S+](CCC)COC.CCC[S+](CCC)OCC. The number of unbranched alkanes of at least 4 members (excludes halogenated alkanes) is 4. The van der Waals surface area contributed by atoms with Gasteiger partial charge in [-0.05, 0) is 138 Å². The molecule has 0 fully saturated rings. The summed E-state index contributed by atoms with van der Waals surface area (Å²) in [7, 11) is 4.57. The molecule has 0 N–H and O–H groups in total. The van der Waals surface area contributed by atoms with Crippen molar-refractivity contribution in [1.82, 2.24) is 0 Å². The summed E-state index contributed by atoms with van der Waals surface area (Å²) in [5.41, 5.74) is 0. The summed E-state index contributed by atoms with van der Waals surface area (Å²) in [5.74, 6) is 16.6. The van der Waals surface area contributed by atoms with Gasteiger partial charge in [0.25, 0.3) is 0 Å². The van der Waals surface area contributed by atoms with Crippen molar-refractivity contribution in [2.75, 3.05) is 82.9 Å². The molecule has 0 amide bonds. The van der Waals surface area contributed by atoms with Crippen LogP contribution >= 0.6 is 0 Å². The zero-order chi connectivity index (χ0) is 42.3. The van der Waals surface area contributed by atoms with E-state index >= 15 is 0 Å². The largest absolute Gasteiger partial charge is 0.339 e. The van der Waals surface area contributed by atoms with Gasteiger partial charge in [0.2, 0.25) is 5.94 Å². The molecule has 7 heteroatoms. The fourth-order valence-corrected chi connectivity index (χ4v) is 16.9. The van der Waals surface area contributed by atoms with Crippen molar-refractivity contribution in [3.63, 3.8) is 0 Å². The molecule has 0 heterocycles. The highest BCUT2D eigenvalue weighted by atomic mass is 32.2. The lowest BCUT2D eigenvalue weighted by molar-refractivity contribution is 0.256. The van der Waals surface area contributed by atoms with Crippen LogP contribution in [0.2, 0.25) is 0 Å². The molecule has 0 aromatic carbocycles.